The Kier molecular flexibility index (Phi) is 4.90. The molecule has 0 atom stereocenters. The van der Waals surface area contributed by atoms with Crippen molar-refractivity contribution in [2.75, 3.05) is 5.32 Å². The molecule has 6 heteroatoms. The van der Waals surface area contributed by atoms with Crippen molar-refractivity contribution in [3.63, 3.8) is 0 Å². The van der Waals surface area contributed by atoms with Crippen LogP contribution in [0.4, 0.5) is 5.13 Å². The summed E-state index contributed by atoms with van der Waals surface area (Å²) < 4.78 is 0.962. The second kappa shape index (κ2) is 7.63. The molecule has 0 saturated carbocycles. The Morgan fingerprint density at radius 1 is 0.920 bits per heavy atom. The predicted molar refractivity (Wildman–Crippen MR) is 105 cm³/mol. The monoisotopic (exact) mass is 364 g/mol. The molecule has 1 N–H and O–H groups in total. The van der Waals surface area contributed by atoms with Gasteiger partial charge >= 0.3 is 0 Å². The molecule has 0 fully saturated rings. The molecule has 0 spiro atoms. The summed E-state index contributed by atoms with van der Waals surface area (Å²) >= 11 is 3.28. The number of benzene rings is 2. The molecule has 0 aliphatic heterocycles. The Balaban J connectivity index is 1.39. The highest BCUT2D eigenvalue weighted by atomic mass is 32.2. The highest BCUT2D eigenvalue weighted by molar-refractivity contribution is 8.00. The average molecular weight is 364 g/mol. The summed E-state index contributed by atoms with van der Waals surface area (Å²) in [6.07, 6.45) is 1.84. The van der Waals surface area contributed by atoms with Crippen LogP contribution in [0.1, 0.15) is 11.1 Å². The van der Waals surface area contributed by atoms with E-state index in [0.717, 1.165) is 27.3 Å². The average Bonchev–Trinajstić information content (AvgIpc) is 3.13. The quantitative estimate of drug-likeness (QED) is 0.488. The van der Waals surface area contributed by atoms with Crippen LogP contribution in [-0.4, -0.2) is 15.2 Å². The van der Waals surface area contributed by atoms with Crippen molar-refractivity contribution in [2.45, 2.75) is 16.6 Å². The van der Waals surface area contributed by atoms with Crippen LogP contribution in [-0.2, 0) is 12.3 Å². The maximum absolute atomic E-state index is 4.50. The summed E-state index contributed by atoms with van der Waals surface area (Å²) in [5.74, 6) is 0.835. The first-order valence-electron chi connectivity index (χ1n) is 7.95. The first-order chi connectivity index (χ1) is 12.4. The van der Waals surface area contributed by atoms with Crippen LogP contribution in [0.3, 0.4) is 0 Å². The van der Waals surface area contributed by atoms with Gasteiger partial charge in [-0.2, -0.15) is 0 Å². The van der Waals surface area contributed by atoms with Gasteiger partial charge in [0.25, 0.3) is 0 Å². The summed E-state index contributed by atoms with van der Waals surface area (Å²) in [4.78, 5) is 4.50. The molecule has 0 unspecified atom stereocenters. The van der Waals surface area contributed by atoms with E-state index in [2.05, 4.69) is 56.9 Å². The predicted octanol–water partition coefficient (Wildman–Crippen LogP) is 4.99. The molecule has 0 saturated heterocycles. The smallest absolute Gasteiger partial charge is 0.206 e. The molecule has 2 heterocycles. The second-order valence-corrected chi connectivity index (χ2v) is 7.69. The number of rotatable bonds is 6. The van der Waals surface area contributed by atoms with Gasteiger partial charge in [-0.3, -0.25) is 4.98 Å². The number of pyridine rings is 1. The van der Waals surface area contributed by atoms with E-state index in [9.17, 15) is 0 Å². The topological polar surface area (TPSA) is 50.7 Å². The molecule has 2 aromatic carbocycles. The summed E-state index contributed by atoms with van der Waals surface area (Å²) in [6, 6.07) is 20.6. The van der Waals surface area contributed by atoms with Gasteiger partial charge in [-0.05, 0) is 17.2 Å². The number of aromatic nitrogens is 3. The molecule has 0 aliphatic rings. The minimum atomic E-state index is 0.757. The van der Waals surface area contributed by atoms with Gasteiger partial charge in [0.1, 0.15) is 0 Å². The van der Waals surface area contributed by atoms with Gasteiger partial charge in [0, 0.05) is 23.9 Å². The van der Waals surface area contributed by atoms with Crippen molar-refractivity contribution in [1.82, 2.24) is 15.2 Å². The lowest BCUT2D eigenvalue weighted by molar-refractivity contribution is 0.995. The maximum atomic E-state index is 4.50. The van der Waals surface area contributed by atoms with Crippen LogP contribution in [0.25, 0.3) is 10.9 Å². The molecule has 4 rings (SSSR count). The lowest BCUT2D eigenvalue weighted by Gasteiger charge is -2.03. The molecule has 124 valence electrons. The normalized spacial score (nSPS) is 10.9. The fourth-order valence-corrected chi connectivity index (χ4v) is 4.27. The molecular formula is C19H16N4S2. The van der Waals surface area contributed by atoms with E-state index in [4.69, 9.17) is 0 Å². The zero-order valence-corrected chi connectivity index (χ0v) is 15.1. The largest absolute Gasteiger partial charge is 0.356 e. The first-order valence-corrected chi connectivity index (χ1v) is 9.75. The number of hydrogen-bond acceptors (Lipinski definition) is 6. The Hall–Kier alpha value is -2.44. The standard InChI is InChI=1S/C19H16N4S2/c1-2-6-14(7-3-1)12-21-18-22-23-19(25-18)24-13-16-9-4-8-15-10-5-11-20-17(15)16/h1-11H,12-13H2,(H,21,22). The zero-order chi connectivity index (χ0) is 16.9. The van der Waals surface area contributed by atoms with E-state index in [1.807, 2.05) is 30.5 Å². The Labute approximate surface area is 154 Å². The SMILES string of the molecule is c1ccc(CNc2nnc(SCc3cccc4cccnc34)s2)cc1. The van der Waals surface area contributed by atoms with Crippen LogP contribution in [0.2, 0.25) is 0 Å². The molecular weight excluding hydrogens is 348 g/mol. The lowest BCUT2D eigenvalue weighted by atomic mass is 10.1. The van der Waals surface area contributed by atoms with Crippen molar-refractivity contribution in [3.8, 4) is 0 Å². The number of hydrogen-bond donors (Lipinski definition) is 1. The van der Waals surface area contributed by atoms with Crippen molar-refractivity contribution in [1.29, 1.82) is 0 Å². The Morgan fingerprint density at radius 3 is 2.72 bits per heavy atom. The molecule has 0 radical (unpaired) electrons. The highest BCUT2D eigenvalue weighted by Gasteiger charge is 2.07. The summed E-state index contributed by atoms with van der Waals surface area (Å²) in [5.41, 5.74) is 3.51. The van der Waals surface area contributed by atoms with Gasteiger partial charge in [-0.25, -0.2) is 0 Å². The van der Waals surface area contributed by atoms with Crippen LogP contribution < -0.4 is 5.32 Å². The lowest BCUT2D eigenvalue weighted by Crippen LogP contribution is -1.98. The Bertz CT molecular complexity index is 964. The molecule has 2 aromatic heterocycles. The minimum absolute atomic E-state index is 0.757. The van der Waals surface area contributed by atoms with E-state index in [0.29, 0.717) is 0 Å². The molecule has 0 aliphatic carbocycles. The number of fused-ring (bicyclic) bond motifs is 1. The second-order valence-electron chi connectivity index (χ2n) is 5.49. The third-order valence-corrected chi connectivity index (χ3v) is 5.82. The minimum Gasteiger partial charge on any atom is -0.356 e. The van der Waals surface area contributed by atoms with Gasteiger partial charge in [0.2, 0.25) is 5.13 Å². The van der Waals surface area contributed by atoms with Crippen molar-refractivity contribution in [3.05, 3.63) is 78.0 Å². The summed E-state index contributed by atoms with van der Waals surface area (Å²) in [7, 11) is 0. The third-order valence-electron chi connectivity index (χ3n) is 3.76. The van der Waals surface area contributed by atoms with Gasteiger partial charge in [0.15, 0.2) is 4.34 Å². The molecule has 0 amide bonds. The summed E-state index contributed by atoms with van der Waals surface area (Å²) in [6.45, 7) is 0.757. The summed E-state index contributed by atoms with van der Waals surface area (Å²) in [5, 5.41) is 13.8. The highest BCUT2D eigenvalue weighted by Crippen LogP contribution is 2.30. The fourth-order valence-electron chi connectivity index (χ4n) is 2.54. The van der Waals surface area contributed by atoms with Crippen molar-refractivity contribution >= 4 is 39.1 Å². The van der Waals surface area contributed by atoms with Crippen molar-refractivity contribution < 1.29 is 0 Å². The third kappa shape index (κ3) is 3.97. The van der Waals surface area contributed by atoms with Gasteiger partial charge in [0.05, 0.1) is 5.52 Å². The number of anilines is 1. The molecule has 4 nitrogen and oxygen atoms in total. The van der Waals surface area contributed by atoms with E-state index in [1.54, 1.807) is 23.1 Å². The van der Waals surface area contributed by atoms with Crippen LogP contribution in [0.5, 0.6) is 0 Å². The number of nitrogens with zero attached hydrogens (tertiary/aromatic N) is 3. The number of nitrogens with one attached hydrogen (secondary N) is 1. The maximum Gasteiger partial charge on any atom is 0.206 e. The van der Waals surface area contributed by atoms with Crippen LogP contribution in [0, 0.1) is 0 Å². The van der Waals surface area contributed by atoms with Gasteiger partial charge in [-0.15, -0.1) is 10.2 Å². The van der Waals surface area contributed by atoms with E-state index in [1.165, 1.54) is 16.5 Å². The van der Waals surface area contributed by atoms with Gasteiger partial charge in [-0.1, -0.05) is 77.7 Å². The van der Waals surface area contributed by atoms with Crippen LogP contribution in [0.15, 0.2) is 71.2 Å². The van der Waals surface area contributed by atoms with Gasteiger partial charge < -0.3 is 5.32 Å². The fraction of sp³-hybridized carbons (Fsp3) is 0.105. The zero-order valence-electron chi connectivity index (χ0n) is 13.4. The van der Waals surface area contributed by atoms with E-state index < -0.39 is 0 Å². The first kappa shape index (κ1) is 16.1. The molecule has 0 bridgehead atoms. The van der Waals surface area contributed by atoms with Crippen LogP contribution >= 0.6 is 23.1 Å². The van der Waals surface area contributed by atoms with E-state index >= 15 is 0 Å². The molecule has 4 aromatic rings. The number of para-hydroxylation sites is 1. The van der Waals surface area contributed by atoms with E-state index in [-0.39, 0.29) is 0 Å². The Morgan fingerprint density at radius 2 is 1.80 bits per heavy atom. The van der Waals surface area contributed by atoms with Crippen molar-refractivity contribution in [2.24, 2.45) is 0 Å². The number of thioether (sulfide) groups is 1. The molecule has 25 heavy (non-hydrogen) atoms.